The number of hydrogen-bond donors (Lipinski definition) is 0. The molecule has 0 heterocycles. The van der Waals surface area contributed by atoms with Crippen molar-refractivity contribution in [2.75, 3.05) is 0 Å². The van der Waals surface area contributed by atoms with E-state index in [2.05, 4.69) is 32.7 Å². The van der Waals surface area contributed by atoms with Crippen molar-refractivity contribution in [2.24, 2.45) is 0 Å². The van der Waals surface area contributed by atoms with Gasteiger partial charge in [0, 0.05) is 0 Å². The predicted octanol–water partition coefficient (Wildman–Crippen LogP) is 3.56. The zero-order valence-electron chi connectivity index (χ0n) is 9.67. The Hall–Kier alpha value is -0.860. The Bertz CT molecular complexity index is 449. The largest absolute Gasteiger partial charge is 0.459 e. The molecule has 2 atom stereocenters. The molecule has 136 valence electrons. The second-order valence-electron chi connectivity index (χ2n) is 3.40. The van der Waals surface area contributed by atoms with Crippen molar-refractivity contribution in [3.8, 4) is 0 Å². The number of carbonyl (C=O) groups excluding carboxylic acids is 2. The molecule has 0 saturated carbocycles. The lowest BCUT2D eigenvalue weighted by molar-refractivity contribution is -0.396. The number of halogens is 12. The molecular formula is C7Cl2F10O4. The SMILES string of the molecule is O=C(F)C(F)(OC(Cl)(Cl)OC(F)(C(=O)F)C(F)(F)F)C(F)(F)F. The highest BCUT2D eigenvalue weighted by Crippen LogP contribution is 2.47. The molecule has 0 aromatic heterocycles. The maximum absolute atomic E-state index is 13.1. The van der Waals surface area contributed by atoms with Crippen LogP contribution in [0.3, 0.4) is 0 Å². The fourth-order valence-electron chi connectivity index (χ4n) is 0.767. The summed E-state index contributed by atoms with van der Waals surface area (Å²) in [5, 5.41) is 0. The molecule has 0 aliphatic carbocycles. The Balaban J connectivity index is 5.75. The molecule has 0 bridgehead atoms. The van der Waals surface area contributed by atoms with Crippen LogP contribution in [0.1, 0.15) is 0 Å². The first kappa shape index (κ1) is 22.1. The Labute approximate surface area is 128 Å². The average Bonchev–Trinajstić information content (AvgIpc) is 2.23. The van der Waals surface area contributed by atoms with Crippen molar-refractivity contribution in [3.05, 3.63) is 0 Å². The summed E-state index contributed by atoms with van der Waals surface area (Å²) in [5.41, 5.74) is 0. The third kappa shape index (κ3) is 4.58. The van der Waals surface area contributed by atoms with Crippen LogP contribution < -0.4 is 0 Å². The van der Waals surface area contributed by atoms with Gasteiger partial charge in [-0.1, -0.05) is 0 Å². The minimum Gasteiger partial charge on any atom is -0.270 e. The number of rotatable bonds is 6. The Morgan fingerprint density at radius 3 is 1.00 bits per heavy atom. The standard InChI is InChI=1S/C7Cl2F10O4/c8-7(9,22-3(12,1(10)20)5(14,15)16)23-4(13,2(11)21)6(17,18)19. The quantitative estimate of drug-likeness (QED) is 0.292. The van der Waals surface area contributed by atoms with Crippen LogP contribution in [0.5, 0.6) is 0 Å². The van der Waals surface area contributed by atoms with E-state index in [4.69, 9.17) is 0 Å². The monoisotopic (exact) mass is 408 g/mol. The normalized spacial score (nSPS) is 19.0. The van der Waals surface area contributed by atoms with E-state index in [0.717, 1.165) is 0 Å². The van der Waals surface area contributed by atoms with Crippen LogP contribution in [0.4, 0.5) is 43.9 Å². The van der Waals surface area contributed by atoms with Crippen LogP contribution in [0.25, 0.3) is 0 Å². The number of ether oxygens (including phenoxy) is 2. The second-order valence-corrected chi connectivity index (χ2v) is 4.59. The number of hydrogen-bond acceptors (Lipinski definition) is 4. The lowest BCUT2D eigenvalue weighted by Gasteiger charge is -2.33. The molecule has 16 heteroatoms. The predicted molar refractivity (Wildman–Crippen MR) is 48.6 cm³/mol. The van der Waals surface area contributed by atoms with E-state index < -0.39 is 40.8 Å². The molecule has 2 unspecified atom stereocenters. The summed E-state index contributed by atoms with van der Waals surface area (Å²) >= 11 is 8.82. The molecule has 0 aromatic rings. The van der Waals surface area contributed by atoms with Crippen molar-refractivity contribution in [2.45, 2.75) is 28.8 Å². The summed E-state index contributed by atoms with van der Waals surface area (Å²) in [6.45, 7) is 0. The first-order valence-electron chi connectivity index (χ1n) is 4.49. The molecule has 0 rings (SSSR count). The lowest BCUT2D eigenvalue weighted by Crippen LogP contribution is -2.57. The third-order valence-electron chi connectivity index (χ3n) is 1.75. The number of alkyl halides is 10. The van der Waals surface area contributed by atoms with E-state index in [1.165, 1.54) is 0 Å². The van der Waals surface area contributed by atoms with Crippen molar-refractivity contribution >= 4 is 35.3 Å². The highest BCUT2D eigenvalue weighted by atomic mass is 35.5. The van der Waals surface area contributed by atoms with Gasteiger partial charge in [-0.25, -0.2) is 0 Å². The zero-order chi connectivity index (χ0) is 19.1. The maximum Gasteiger partial charge on any atom is 0.459 e. The van der Waals surface area contributed by atoms with Gasteiger partial charge < -0.3 is 0 Å². The molecule has 0 radical (unpaired) electrons. The van der Waals surface area contributed by atoms with E-state index in [9.17, 15) is 53.5 Å². The second kappa shape index (κ2) is 6.22. The first-order valence-corrected chi connectivity index (χ1v) is 5.25. The van der Waals surface area contributed by atoms with Gasteiger partial charge in [0.05, 0.1) is 0 Å². The molecule has 0 N–H and O–H groups in total. The van der Waals surface area contributed by atoms with E-state index in [-0.39, 0.29) is 0 Å². The van der Waals surface area contributed by atoms with Gasteiger partial charge in [0.2, 0.25) is 0 Å². The van der Waals surface area contributed by atoms with Crippen LogP contribution in [0.2, 0.25) is 0 Å². The van der Waals surface area contributed by atoms with E-state index in [0.29, 0.717) is 0 Å². The lowest BCUT2D eigenvalue weighted by atomic mass is 10.3. The summed E-state index contributed by atoms with van der Waals surface area (Å²) in [5.74, 6) is -12.2. The van der Waals surface area contributed by atoms with Gasteiger partial charge in [-0.3, -0.25) is 19.1 Å². The molecule has 0 spiro atoms. The topological polar surface area (TPSA) is 52.6 Å². The van der Waals surface area contributed by atoms with Crippen LogP contribution in [-0.4, -0.2) is 40.8 Å². The maximum atomic E-state index is 13.1. The average molecular weight is 409 g/mol. The van der Waals surface area contributed by atoms with Gasteiger partial charge in [0.25, 0.3) is 0 Å². The summed E-state index contributed by atoms with van der Waals surface area (Å²) in [4.78, 5) is 19.9. The third-order valence-corrected chi connectivity index (χ3v) is 2.06. The van der Waals surface area contributed by atoms with Gasteiger partial charge in [-0.05, 0) is 23.2 Å². The summed E-state index contributed by atoms with van der Waals surface area (Å²) < 4.78 is 124. The van der Waals surface area contributed by atoms with Crippen molar-refractivity contribution < 1.29 is 63.0 Å². The first-order chi connectivity index (χ1) is 9.80. The molecular weight excluding hydrogens is 409 g/mol. The molecule has 0 amide bonds. The minimum atomic E-state index is -6.62. The molecule has 0 saturated heterocycles. The molecule has 0 aliphatic rings. The van der Waals surface area contributed by atoms with Crippen LogP contribution in [-0.2, 0) is 19.1 Å². The van der Waals surface area contributed by atoms with Gasteiger partial charge >= 0.3 is 40.8 Å². The zero-order valence-corrected chi connectivity index (χ0v) is 11.2. The summed E-state index contributed by atoms with van der Waals surface area (Å²) in [6, 6.07) is -8.05. The number of carbonyl (C=O) groups is 2. The fourth-order valence-corrected chi connectivity index (χ4v) is 1.19. The van der Waals surface area contributed by atoms with Gasteiger partial charge in [-0.2, -0.15) is 43.9 Å². The highest BCUT2D eigenvalue weighted by molar-refractivity contribution is 6.46. The van der Waals surface area contributed by atoms with Crippen molar-refractivity contribution in [3.63, 3.8) is 0 Å². The van der Waals surface area contributed by atoms with Gasteiger partial charge in [-0.15, -0.1) is 0 Å². The summed E-state index contributed by atoms with van der Waals surface area (Å²) in [6.07, 6.45) is -13.2. The van der Waals surface area contributed by atoms with Crippen LogP contribution >= 0.6 is 23.2 Å². The van der Waals surface area contributed by atoms with Crippen molar-refractivity contribution in [1.29, 1.82) is 0 Å². The molecule has 0 fully saturated rings. The molecule has 0 aromatic carbocycles. The smallest absolute Gasteiger partial charge is 0.270 e. The van der Waals surface area contributed by atoms with Crippen molar-refractivity contribution in [1.82, 2.24) is 0 Å². The Morgan fingerprint density at radius 1 is 0.652 bits per heavy atom. The van der Waals surface area contributed by atoms with E-state index >= 15 is 0 Å². The molecule has 23 heavy (non-hydrogen) atoms. The molecule has 0 aliphatic heterocycles. The Kier molecular flexibility index (Phi) is 5.98. The minimum absolute atomic E-state index is 2.63. The van der Waals surface area contributed by atoms with Gasteiger partial charge in [0.1, 0.15) is 0 Å². The van der Waals surface area contributed by atoms with E-state index in [1.807, 2.05) is 0 Å². The Morgan fingerprint density at radius 2 is 0.870 bits per heavy atom. The molecule has 4 nitrogen and oxygen atoms in total. The summed E-state index contributed by atoms with van der Waals surface area (Å²) in [7, 11) is 0. The highest BCUT2D eigenvalue weighted by Gasteiger charge is 2.72. The van der Waals surface area contributed by atoms with E-state index in [1.54, 1.807) is 0 Å². The fraction of sp³-hybridized carbons (Fsp3) is 0.714. The van der Waals surface area contributed by atoms with Crippen LogP contribution in [0, 0.1) is 0 Å². The van der Waals surface area contributed by atoms with Crippen LogP contribution in [0.15, 0.2) is 0 Å². The van der Waals surface area contributed by atoms with Gasteiger partial charge in [0.15, 0.2) is 0 Å².